The van der Waals surface area contributed by atoms with Gasteiger partial charge in [0.15, 0.2) is 0 Å². The number of hydrogen-bond acceptors (Lipinski definition) is 3. The van der Waals surface area contributed by atoms with E-state index in [1.165, 1.54) is 11.0 Å². The predicted octanol–water partition coefficient (Wildman–Crippen LogP) is 2.72. The lowest BCUT2D eigenvalue weighted by atomic mass is 10.2. The molecule has 1 aromatic carbocycles. The van der Waals surface area contributed by atoms with Gasteiger partial charge in [0.25, 0.3) is 11.8 Å². The first-order valence-corrected chi connectivity index (χ1v) is 6.09. The van der Waals surface area contributed by atoms with Gasteiger partial charge in [-0.3, -0.25) is 9.59 Å². The lowest BCUT2D eigenvalue weighted by Crippen LogP contribution is -2.30. The van der Waals surface area contributed by atoms with E-state index >= 15 is 0 Å². The van der Waals surface area contributed by atoms with Crippen molar-refractivity contribution in [2.24, 2.45) is 0 Å². The molecule has 4 heteroatoms. The highest BCUT2D eigenvalue weighted by Gasteiger charge is 2.29. The third kappa shape index (κ3) is 1.49. The van der Waals surface area contributed by atoms with Crippen LogP contribution in [-0.2, 0) is 9.59 Å². The van der Waals surface area contributed by atoms with Crippen LogP contribution in [0.1, 0.15) is 6.92 Å². The summed E-state index contributed by atoms with van der Waals surface area (Å²) in [6.45, 7) is 1.66. The molecule has 17 heavy (non-hydrogen) atoms. The molecular formula is C13H9NO2S. The number of carbonyl (C=O) groups excluding carboxylic acids is 2. The summed E-state index contributed by atoms with van der Waals surface area (Å²) in [6, 6.07) is 7.59. The van der Waals surface area contributed by atoms with E-state index < -0.39 is 0 Å². The van der Waals surface area contributed by atoms with Crippen LogP contribution in [0.15, 0.2) is 41.3 Å². The lowest BCUT2D eigenvalue weighted by Gasteiger charge is -2.14. The molecule has 0 bridgehead atoms. The molecule has 2 aromatic rings. The topological polar surface area (TPSA) is 37.4 Å². The number of benzene rings is 1. The molecule has 1 aromatic heterocycles. The van der Waals surface area contributed by atoms with Gasteiger partial charge in [-0.15, -0.1) is 11.3 Å². The van der Waals surface area contributed by atoms with Crippen molar-refractivity contribution in [2.45, 2.75) is 6.92 Å². The number of carbonyl (C=O) groups is 2. The average Bonchev–Trinajstić information content (AvgIpc) is 2.84. The third-order valence-corrected chi connectivity index (χ3v) is 3.69. The molecule has 2 heterocycles. The normalized spacial score (nSPS) is 15.8. The van der Waals surface area contributed by atoms with Crippen LogP contribution >= 0.6 is 11.3 Å². The average molecular weight is 243 g/mol. The molecule has 3 nitrogen and oxygen atoms in total. The van der Waals surface area contributed by atoms with E-state index in [0.717, 1.165) is 10.1 Å². The number of rotatable bonds is 1. The first kappa shape index (κ1) is 10.2. The molecular weight excluding hydrogens is 234 g/mol. The molecule has 84 valence electrons. The Morgan fingerprint density at radius 3 is 2.71 bits per heavy atom. The van der Waals surface area contributed by atoms with Crippen LogP contribution in [0.2, 0.25) is 0 Å². The molecule has 0 saturated carbocycles. The number of anilines is 1. The Morgan fingerprint density at radius 1 is 1.18 bits per heavy atom. The Balaban J connectivity index is 2.10. The van der Waals surface area contributed by atoms with E-state index in [4.69, 9.17) is 0 Å². The largest absolute Gasteiger partial charge is 0.269 e. The van der Waals surface area contributed by atoms with Crippen LogP contribution in [-0.4, -0.2) is 11.8 Å². The molecule has 0 atom stereocenters. The van der Waals surface area contributed by atoms with Crippen molar-refractivity contribution in [2.75, 3.05) is 4.90 Å². The summed E-state index contributed by atoms with van der Waals surface area (Å²) in [4.78, 5) is 24.7. The first-order chi connectivity index (χ1) is 8.16. The Bertz CT molecular complexity index is 669. The molecule has 0 N–H and O–H groups in total. The Hall–Kier alpha value is -1.94. The van der Waals surface area contributed by atoms with Crippen molar-refractivity contribution >= 4 is 38.9 Å². The minimum atomic E-state index is -0.262. The van der Waals surface area contributed by atoms with Crippen molar-refractivity contribution in [3.05, 3.63) is 41.3 Å². The summed E-state index contributed by atoms with van der Waals surface area (Å²) in [5, 5.41) is 3.05. The van der Waals surface area contributed by atoms with Crippen LogP contribution in [0.25, 0.3) is 10.1 Å². The summed E-state index contributed by atoms with van der Waals surface area (Å²) in [7, 11) is 0. The molecule has 1 aliphatic rings. The number of hydrogen-bond donors (Lipinski definition) is 0. The number of fused-ring (bicyclic) bond motifs is 1. The van der Waals surface area contributed by atoms with Gasteiger partial charge in [-0.2, -0.15) is 0 Å². The van der Waals surface area contributed by atoms with Gasteiger partial charge < -0.3 is 0 Å². The van der Waals surface area contributed by atoms with Crippen LogP contribution in [0.3, 0.4) is 0 Å². The van der Waals surface area contributed by atoms with Gasteiger partial charge in [0.2, 0.25) is 0 Å². The molecule has 3 rings (SSSR count). The molecule has 0 saturated heterocycles. The van der Waals surface area contributed by atoms with Crippen LogP contribution < -0.4 is 4.90 Å². The van der Waals surface area contributed by atoms with Gasteiger partial charge in [0.05, 0.1) is 5.69 Å². The van der Waals surface area contributed by atoms with E-state index in [0.29, 0.717) is 11.3 Å². The third-order valence-electron chi connectivity index (χ3n) is 2.79. The zero-order valence-corrected chi connectivity index (χ0v) is 9.95. The van der Waals surface area contributed by atoms with Crippen LogP contribution in [0.4, 0.5) is 5.69 Å². The molecule has 0 fully saturated rings. The van der Waals surface area contributed by atoms with Gasteiger partial charge in [-0.05, 0) is 42.0 Å². The van der Waals surface area contributed by atoms with Gasteiger partial charge in [0.1, 0.15) is 0 Å². The first-order valence-electron chi connectivity index (χ1n) is 5.21. The summed E-state index contributed by atoms with van der Waals surface area (Å²) in [5.41, 5.74) is 1.12. The molecule has 0 aliphatic carbocycles. The smallest absolute Gasteiger partial charge is 0.261 e. The van der Waals surface area contributed by atoms with Gasteiger partial charge >= 0.3 is 0 Å². The molecule has 0 spiro atoms. The fraction of sp³-hybridized carbons (Fsp3) is 0.0769. The second kappa shape index (κ2) is 3.53. The van der Waals surface area contributed by atoms with Gasteiger partial charge in [-0.25, -0.2) is 4.90 Å². The maximum Gasteiger partial charge on any atom is 0.261 e. The fourth-order valence-electron chi connectivity index (χ4n) is 1.93. The number of thiophene rings is 1. The summed E-state index contributed by atoms with van der Waals surface area (Å²) < 4.78 is 1.15. The van der Waals surface area contributed by atoms with Crippen molar-refractivity contribution < 1.29 is 9.59 Å². The highest BCUT2D eigenvalue weighted by atomic mass is 32.1. The van der Waals surface area contributed by atoms with Crippen molar-refractivity contribution in [3.63, 3.8) is 0 Å². The second-order valence-electron chi connectivity index (χ2n) is 3.95. The number of amides is 2. The fourth-order valence-corrected chi connectivity index (χ4v) is 2.70. The minimum Gasteiger partial charge on any atom is -0.269 e. The Morgan fingerprint density at radius 2 is 2.00 bits per heavy atom. The Kier molecular flexibility index (Phi) is 2.12. The van der Waals surface area contributed by atoms with E-state index in [2.05, 4.69) is 0 Å². The highest BCUT2D eigenvalue weighted by Crippen LogP contribution is 2.28. The maximum absolute atomic E-state index is 11.8. The van der Waals surface area contributed by atoms with Crippen LogP contribution in [0, 0.1) is 0 Å². The summed E-state index contributed by atoms with van der Waals surface area (Å²) in [5.74, 6) is -0.494. The zero-order chi connectivity index (χ0) is 12.0. The van der Waals surface area contributed by atoms with Gasteiger partial charge in [0, 0.05) is 16.3 Å². The maximum atomic E-state index is 11.8. The van der Waals surface area contributed by atoms with E-state index in [-0.39, 0.29) is 11.8 Å². The van der Waals surface area contributed by atoms with E-state index in [1.807, 2.05) is 23.6 Å². The SMILES string of the molecule is CC1=CC(=O)N(c2ccc3sccc3c2)C1=O. The summed E-state index contributed by atoms with van der Waals surface area (Å²) >= 11 is 1.64. The monoisotopic (exact) mass is 243 g/mol. The molecule has 0 unspecified atom stereocenters. The second-order valence-corrected chi connectivity index (χ2v) is 4.90. The summed E-state index contributed by atoms with van der Waals surface area (Å²) in [6.07, 6.45) is 1.38. The van der Waals surface area contributed by atoms with Crippen LogP contribution in [0.5, 0.6) is 0 Å². The standard InChI is InChI=1S/C13H9NO2S/c1-8-6-12(15)14(13(8)16)10-2-3-11-9(7-10)4-5-17-11/h2-7H,1H3. The lowest BCUT2D eigenvalue weighted by molar-refractivity contribution is -0.120. The van der Waals surface area contributed by atoms with E-state index in [9.17, 15) is 9.59 Å². The number of imide groups is 1. The zero-order valence-electron chi connectivity index (χ0n) is 9.14. The molecule has 1 aliphatic heterocycles. The van der Waals surface area contributed by atoms with Gasteiger partial charge in [-0.1, -0.05) is 0 Å². The quantitative estimate of drug-likeness (QED) is 0.722. The highest BCUT2D eigenvalue weighted by molar-refractivity contribution is 7.17. The number of nitrogens with zero attached hydrogens (tertiary/aromatic N) is 1. The van der Waals surface area contributed by atoms with E-state index in [1.54, 1.807) is 24.3 Å². The van der Waals surface area contributed by atoms with Crippen molar-refractivity contribution in [1.82, 2.24) is 0 Å². The molecule has 2 amide bonds. The molecule has 0 radical (unpaired) electrons. The Labute approximate surface area is 102 Å². The minimum absolute atomic E-state index is 0.232. The van der Waals surface area contributed by atoms with Crippen molar-refractivity contribution in [3.8, 4) is 0 Å². The van der Waals surface area contributed by atoms with Crippen molar-refractivity contribution in [1.29, 1.82) is 0 Å². The predicted molar refractivity (Wildman–Crippen MR) is 68.1 cm³/mol.